The van der Waals surface area contributed by atoms with Gasteiger partial charge >= 0.3 is 0 Å². The normalized spacial score (nSPS) is 12.5. The Hall–Kier alpha value is -1.75. The first kappa shape index (κ1) is 13.3. The number of carbonyl (C=O) groups excluding carboxylic acids is 1. The van der Waals surface area contributed by atoms with Crippen LogP contribution in [0.1, 0.15) is 24.2 Å². The molecule has 1 unspecified atom stereocenters. The van der Waals surface area contributed by atoms with E-state index in [2.05, 4.69) is 5.32 Å². The molecule has 0 aliphatic heterocycles. The first-order chi connectivity index (χ1) is 7.95. The van der Waals surface area contributed by atoms with Crippen LogP contribution in [0.5, 0.6) is 11.5 Å². The van der Waals surface area contributed by atoms with E-state index >= 15 is 0 Å². The molecule has 5 heteroatoms. The maximum absolute atomic E-state index is 11.8. The fraction of sp³-hybridized carbons (Fsp3) is 0.417. The number of phenolic OH excluding ortho intramolecular Hbond substituents is 2. The third-order valence-corrected chi connectivity index (χ3v) is 2.54. The smallest absolute Gasteiger partial charge is 0.255 e. The lowest BCUT2D eigenvalue weighted by molar-refractivity contribution is 0.0894. The number of rotatable bonds is 4. The van der Waals surface area contributed by atoms with Gasteiger partial charge < -0.3 is 20.6 Å². The zero-order valence-corrected chi connectivity index (χ0v) is 9.84. The van der Waals surface area contributed by atoms with Gasteiger partial charge in [0.05, 0.1) is 18.2 Å². The second kappa shape index (κ2) is 5.54. The molecule has 0 spiro atoms. The molecule has 0 fully saturated rings. The van der Waals surface area contributed by atoms with Crippen molar-refractivity contribution in [3.05, 3.63) is 23.8 Å². The first-order valence-electron chi connectivity index (χ1n) is 5.39. The Bertz CT molecular complexity index is 403. The third-order valence-electron chi connectivity index (χ3n) is 2.54. The maximum atomic E-state index is 11.8. The number of benzene rings is 1. The minimum Gasteiger partial charge on any atom is -0.508 e. The van der Waals surface area contributed by atoms with Crippen LogP contribution in [0.3, 0.4) is 0 Å². The summed E-state index contributed by atoms with van der Waals surface area (Å²) in [5, 5.41) is 30.3. The summed E-state index contributed by atoms with van der Waals surface area (Å²) in [6, 6.07) is 3.38. The van der Waals surface area contributed by atoms with Crippen LogP contribution in [0.15, 0.2) is 18.2 Å². The Morgan fingerprint density at radius 2 is 2.00 bits per heavy atom. The number of aliphatic hydroxyl groups is 1. The Balaban J connectivity index is 2.82. The Morgan fingerprint density at radius 3 is 2.47 bits per heavy atom. The highest BCUT2D eigenvalue weighted by atomic mass is 16.3. The number of carbonyl (C=O) groups is 1. The van der Waals surface area contributed by atoms with Crippen molar-refractivity contribution in [2.45, 2.75) is 19.9 Å². The van der Waals surface area contributed by atoms with E-state index in [1.54, 1.807) is 0 Å². The van der Waals surface area contributed by atoms with Crippen LogP contribution >= 0.6 is 0 Å². The van der Waals surface area contributed by atoms with Crippen molar-refractivity contribution in [3.8, 4) is 11.5 Å². The highest BCUT2D eigenvalue weighted by Crippen LogP contribution is 2.22. The van der Waals surface area contributed by atoms with E-state index in [4.69, 9.17) is 10.2 Å². The predicted octanol–water partition coefficient (Wildman–Crippen LogP) is 0.844. The summed E-state index contributed by atoms with van der Waals surface area (Å²) in [4.78, 5) is 11.8. The molecular weight excluding hydrogens is 222 g/mol. The van der Waals surface area contributed by atoms with E-state index in [1.807, 2.05) is 13.8 Å². The van der Waals surface area contributed by atoms with Gasteiger partial charge in [-0.1, -0.05) is 13.8 Å². The fourth-order valence-electron chi connectivity index (χ4n) is 1.38. The minimum absolute atomic E-state index is 0.0712. The molecule has 94 valence electrons. The van der Waals surface area contributed by atoms with E-state index in [0.717, 1.165) is 6.07 Å². The van der Waals surface area contributed by atoms with Gasteiger partial charge in [-0.15, -0.1) is 0 Å². The van der Waals surface area contributed by atoms with E-state index in [9.17, 15) is 9.90 Å². The lowest BCUT2D eigenvalue weighted by Crippen LogP contribution is -2.41. The van der Waals surface area contributed by atoms with Crippen LogP contribution in [0, 0.1) is 5.92 Å². The largest absolute Gasteiger partial charge is 0.508 e. The van der Waals surface area contributed by atoms with Crippen molar-refractivity contribution in [1.29, 1.82) is 0 Å². The molecule has 0 saturated heterocycles. The molecule has 4 N–H and O–H groups in total. The van der Waals surface area contributed by atoms with Crippen LogP contribution in [0.25, 0.3) is 0 Å². The van der Waals surface area contributed by atoms with Crippen LogP contribution in [-0.2, 0) is 0 Å². The monoisotopic (exact) mass is 239 g/mol. The highest BCUT2D eigenvalue weighted by molar-refractivity contribution is 5.97. The molecule has 0 radical (unpaired) electrons. The van der Waals surface area contributed by atoms with E-state index in [1.165, 1.54) is 12.1 Å². The average molecular weight is 239 g/mol. The lowest BCUT2D eigenvalue weighted by Gasteiger charge is -2.20. The number of hydrogen-bond donors (Lipinski definition) is 4. The van der Waals surface area contributed by atoms with Gasteiger partial charge in [-0.2, -0.15) is 0 Å². The van der Waals surface area contributed by atoms with E-state index in [0.29, 0.717) is 0 Å². The van der Waals surface area contributed by atoms with Crippen LogP contribution < -0.4 is 5.32 Å². The van der Waals surface area contributed by atoms with Gasteiger partial charge in [0.2, 0.25) is 0 Å². The standard InChI is InChI=1S/C12H17NO4/c1-7(2)10(6-14)13-12(17)9-4-3-8(15)5-11(9)16/h3-5,7,10,14-16H,6H2,1-2H3,(H,13,17). The van der Waals surface area contributed by atoms with Crippen molar-refractivity contribution in [2.75, 3.05) is 6.61 Å². The molecule has 1 aromatic carbocycles. The molecule has 1 atom stereocenters. The SMILES string of the molecule is CC(C)C(CO)NC(=O)c1ccc(O)cc1O. The number of hydrogen-bond acceptors (Lipinski definition) is 4. The molecule has 1 rings (SSSR count). The van der Waals surface area contributed by atoms with Gasteiger partial charge in [-0.25, -0.2) is 0 Å². The molecule has 0 aliphatic carbocycles. The summed E-state index contributed by atoms with van der Waals surface area (Å²) in [5.74, 6) is -0.789. The summed E-state index contributed by atoms with van der Waals surface area (Å²) in [5.41, 5.74) is 0.0712. The Morgan fingerprint density at radius 1 is 1.35 bits per heavy atom. The predicted molar refractivity (Wildman–Crippen MR) is 62.9 cm³/mol. The second-order valence-electron chi connectivity index (χ2n) is 4.21. The number of nitrogens with one attached hydrogen (secondary N) is 1. The van der Waals surface area contributed by atoms with Gasteiger partial charge in [0.15, 0.2) is 0 Å². The van der Waals surface area contributed by atoms with Crippen molar-refractivity contribution in [3.63, 3.8) is 0 Å². The zero-order chi connectivity index (χ0) is 13.0. The fourth-order valence-corrected chi connectivity index (χ4v) is 1.38. The van der Waals surface area contributed by atoms with Crippen molar-refractivity contribution in [1.82, 2.24) is 5.32 Å². The average Bonchev–Trinajstić information content (AvgIpc) is 2.24. The van der Waals surface area contributed by atoms with Crippen LogP contribution in [-0.4, -0.2) is 33.9 Å². The number of amides is 1. The molecule has 1 aromatic rings. The molecule has 1 amide bonds. The summed E-state index contributed by atoms with van der Waals surface area (Å²) < 4.78 is 0. The number of aliphatic hydroxyl groups excluding tert-OH is 1. The van der Waals surface area contributed by atoms with Gasteiger partial charge in [0.25, 0.3) is 5.91 Å². The summed E-state index contributed by atoms with van der Waals surface area (Å²) >= 11 is 0. The van der Waals surface area contributed by atoms with Crippen molar-refractivity contribution < 1.29 is 20.1 Å². The maximum Gasteiger partial charge on any atom is 0.255 e. The number of aromatic hydroxyl groups is 2. The molecule has 0 aliphatic rings. The van der Waals surface area contributed by atoms with E-state index < -0.39 is 5.91 Å². The van der Waals surface area contributed by atoms with Crippen LogP contribution in [0.2, 0.25) is 0 Å². The van der Waals surface area contributed by atoms with E-state index in [-0.39, 0.29) is 35.6 Å². The molecule has 0 aromatic heterocycles. The quantitative estimate of drug-likeness (QED) is 0.627. The van der Waals surface area contributed by atoms with Gasteiger partial charge in [0, 0.05) is 6.07 Å². The molecule has 0 bridgehead atoms. The molecule has 17 heavy (non-hydrogen) atoms. The Labute approximate surface area is 99.7 Å². The Kier molecular flexibility index (Phi) is 4.34. The van der Waals surface area contributed by atoms with Crippen LogP contribution in [0.4, 0.5) is 0 Å². The van der Waals surface area contributed by atoms with Crippen molar-refractivity contribution >= 4 is 5.91 Å². The molecule has 0 heterocycles. The first-order valence-corrected chi connectivity index (χ1v) is 5.39. The van der Waals surface area contributed by atoms with Crippen molar-refractivity contribution in [2.24, 2.45) is 5.92 Å². The minimum atomic E-state index is -0.477. The zero-order valence-electron chi connectivity index (χ0n) is 9.84. The molecule has 0 saturated carbocycles. The number of phenols is 2. The summed E-state index contributed by atoms with van der Waals surface area (Å²) in [6.07, 6.45) is 0. The van der Waals surface area contributed by atoms with Gasteiger partial charge in [0.1, 0.15) is 11.5 Å². The highest BCUT2D eigenvalue weighted by Gasteiger charge is 2.18. The molecular formula is C12H17NO4. The van der Waals surface area contributed by atoms with Gasteiger partial charge in [-0.3, -0.25) is 4.79 Å². The lowest BCUT2D eigenvalue weighted by atomic mass is 10.0. The summed E-state index contributed by atoms with van der Waals surface area (Å²) in [6.45, 7) is 3.58. The topological polar surface area (TPSA) is 89.8 Å². The second-order valence-corrected chi connectivity index (χ2v) is 4.21. The third kappa shape index (κ3) is 3.35. The summed E-state index contributed by atoms with van der Waals surface area (Å²) in [7, 11) is 0. The van der Waals surface area contributed by atoms with Gasteiger partial charge in [-0.05, 0) is 18.1 Å². The molecule has 5 nitrogen and oxygen atoms in total.